The fourth-order valence-electron chi connectivity index (χ4n) is 4.29. The lowest BCUT2D eigenvalue weighted by molar-refractivity contribution is -0.114. The minimum Gasteiger partial charge on any atom is -0.496 e. The molecule has 3 aromatic rings. The molecule has 2 heterocycles. The number of rotatable bonds is 8. The summed E-state index contributed by atoms with van der Waals surface area (Å²) in [5, 5.41) is 6.27. The number of aryl methyl sites for hydroxylation is 1. The van der Waals surface area contributed by atoms with Gasteiger partial charge in [-0.25, -0.2) is 4.98 Å². The number of methoxy groups -OCH3 is 1. The van der Waals surface area contributed by atoms with Gasteiger partial charge >= 0.3 is 0 Å². The van der Waals surface area contributed by atoms with Crippen molar-refractivity contribution in [3.63, 3.8) is 0 Å². The molecule has 0 spiro atoms. The molecular formula is C27H33N5O3. The van der Waals surface area contributed by atoms with Crippen molar-refractivity contribution in [2.75, 3.05) is 43.5 Å². The van der Waals surface area contributed by atoms with E-state index in [1.54, 1.807) is 13.3 Å². The molecule has 2 N–H and O–H groups in total. The molecule has 8 nitrogen and oxygen atoms in total. The van der Waals surface area contributed by atoms with E-state index in [1.807, 2.05) is 37.3 Å². The van der Waals surface area contributed by atoms with Crippen LogP contribution in [0.25, 0.3) is 11.3 Å². The van der Waals surface area contributed by atoms with E-state index in [1.165, 1.54) is 6.92 Å². The maximum atomic E-state index is 11.3. The lowest BCUT2D eigenvalue weighted by Gasteiger charge is -2.27. The molecule has 2 aromatic carbocycles. The Bertz CT molecular complexity index is 1190. The third-order valence-electron chi connectivity index (χ3n) is 6.06. The number of carbonyl (C=O) groups excluding carboxylic acids is 1. The Labute approximate surface area is 206 Å². The highest BCUT2D eigenvalue weighted by Gasteiger charge is 2.18. The topological polar surface area (TPSA) is 82.9 Å². The molecule has 1 amide bonds. The Morgan fingerprint density at radius 3 is 2.77 bits per heavy atom. The third-order valence-corrected chi connectivity index (χ3v) is 6.06. The van der Waals surface area contributed by atoms with Crippen molar-refractivity contribution >= 4 is 17.3 Å². The second-order valence-electron chi connectivity index (χ2n) is 8.64. The van der Waals surface area contributed by atoms with Gasteiger partial charge in [0.25, 0.3) is 0 Å². The number of anilines is 2. The van der Waals surface area contributed by atoms with Crippen molar-refractivity contribution in [1.82, 2.24) is 15.2 Å². The Morgan fingerprint density at radius 2 is 2.03 bits per heavy atom. The summed E-state index contributed by atoms with van der Waals surface area (Å²) in [6.45, 7) is 11.9. The zero-order valence-electron chi connectivity index (χ0n) is 20.6. The molecule has 4 rings (SSSR count). The predicted octanol–water partition coefficient (Wildman–Crippen LogP) is 4.39. The smallest absolute Gasteiger partial charge is 0.221 e. The number of amides is 1. The quantitative estimate of drug-likeness (QED) is 0.500. The summed E-state index contributed by atoms with van der Waals surface area (Å²) in [5.41, 5.74) is 3.90. The van der Waals surface area contributed by atoms with Crippen LogP contribution in [0.15, 0.2) is 65.5 Å². The normalized spacial score (nSPS) is 13.8. The lowest BCUT2D eigenvalue weighted by Crippen LogP contribution is -2.34. The third kappa shape index (κ3) is 6.15. The van der Waals surface area contributed by atoms with Gasteiger partial charge in [0.2, 0.25) is 5.91 Å². The highest BCUT2D eigenvalue weighted by atomic mass is 16.5. The van der Waals surface area contributed by atoms with E-state index >= 15 is 0 Å². The predicted molar refractivity (Wildman–Crippen MR) is 138 cm³/mol. The van der Waals surface area contributed by atoms with Crippen molar-refractivity contribution in [2.45, 2.75) is 26.8 Å². The molecule has 0 aliphatic carbocycles. The van der Waals surface area contributed by atoms with E-state index in [-0.39, 0.29) is 5.91 Å². The average Bonchev–Trinajstić information content (AvgIpc) is 3.12. The van der Waals surface area contributed by atoms with Crippen LogP contribution in [0.5, 0.6) is 5.75 Å². The zero-order valence-corrected chi connectivity index (χ0v) is 20.6. The number of aromatic nitrogens is 1. The number of ether oxygens (including phenoxy) is 1. The number of nitrogens with zero attached hydrogens (tertiary/aromatic N) is 3. The van der Waals surface area contributed by atoms with Crippen molar-refractivity contribution in [1.29, 1.82) is 0 Å². The van der Waals surface area contributed by atoms with Crippen LogP contribution in [-0.2, 0) is 11.3 Å². The molecule has 35 heavy (non-hydrogen) atoms. The Hall–Kier alpha value is -3.94. The van der Waals surface area contributed by atoms with E-state index in [0.29, 0.717) is 18.2 Å². The van der Waals surface area contributed by atoms with E-state index in [0.717, 1.165) is 66.7 Å². The van der Waals surface area contributed by atoms with Crippen LogP contribution in [0.3, 0.4) is 0 Å². The van der Waals surface area contributed by atoms with Crippen LogP contribution in [0.2, 0.25) is 0 Å². The van der Waals surface area contributed by atoms with E-state index < -0.39 is 0 Å². The molecule has 8 heteroatoms. The molecule has 0 atom stereocenters. The molecule has 184 valence electrons. The standard InChI is InChI=1S/C27H33N5O3/c1-19(28-17-22-7-5-8-23(15-22)30-20(2)33)31-11-6-12-32(14-13-31)24-9-10-25(26(16-24)34-4)27-18-29-21(3)35-27/h5,7-10,15-16,18,28H,1,6,11-14,17H2,2-4H3,(H,30,33). The molecule has 1 aliphatic rings. The number of carbonyl (C=O) groups is 1. The number of hydrogen-bond donors (Lipinski definition) is 2. The zero-order chi connectivity index (χ0) is 24.8. The summed E-state index contributed by atoms with van der Waals surface area (Å²) in [5.74, 6) is 2.94. The summed E-state index contributed by atoms with van der Waals surface area (Å²) in [6.07, 6.45) is 2.75. The van der Waals surface area contributed by atoms with Crippen LogP contribution >= 0.6 is 0 Å². The molecule has 1 aromatic heterocycles. The van der Waals surface area contributed by atoms with Crippen molar-refractivity contribution in [3.05, 3.63) is 72.5 Å². The first-order chi connectivity index (χ1) is 16.9. The summed E-state index contributed by atoms with van der Waals surface area (Å²) < 4.78 is 11.4. The van der Waals surface area contributed by atoms with Gasteiger partial charge in [0.15, 0.2) is 11.7 Å². The van der Waals surface area contributed by atoms with Crippen molar-refractivity contribution < 1.29 is 13.9 Å². The van der Waals surface area contributed by atoms with Gasteiger partial charge in [0.05, 0.1) is 24.7 Å². The van der Waals surface area contributed by atoms with Gasteiger partial charge < -0.3 is 29.6 Å². The maximum absolute atomic E-state index is 11.3. The molecule has 1 aliphatic heterocycles. The second-order valence-corrected chi connectivity index (χ2v) is 8.64. The minimum absolute atomic E-state index is 0.0750. The minimum atomic E-state index is -0.0750. The highest BCUT2D eigenvalue weighted by Crippen LogP contribution is 2.34. The van der Waals surface area contributed by atoms with Crippen LogP contribution in [0.1, 0.15) is 24.8 Å². The molecule has 0 bridgehead atoms. The number of benzene rings is 2. The first-order valence-electron chi connectivity index (χ1n) is 11.8. The van der Waals surface area contributed by atoms with E-state index in [9.17, 15) is 4.79 Å². The Balaban J connectivity index is 1.36. The van der Waals surface area contributed by atoms with Crippen LogP contribution in [0.4, 0.5) is 11.4 Å². The monoisotopic (exact) mass is 475 g/mol. The van der Waals surface area contributed by atoms with Crippen LogP contribution in [0, 0.1) is 6.92 Å². The Kier molecular flexibility index (Phi) is 7.60. The average molecular weight is 476 g/mol. The van der Waals surface area contributed by atoms with Gasteiger partial charge in [-0.15, -0.1) is 0 Å². The molecular weight excluding hydrogens is 442 g/mol. The van der Waals surface area contributed by atoms with Gasteiger partial charge in [0.1, 0.15) is 5.75 Å². The van der Waals surface area contributed by atoms with E-state index in [4.69, 9.17) is 9.15 Å². The summed E-state index contributed by atoms with van der Waals surface area (Å²) in [6, 6.07) is 14.1. The van der Waals surface area contributed by atoms with Crippen LogP contribution in [-0.4, -0.2) is 49.1 Å². The fraction of sp³-hybridized carbons (Fsp3) is 0.333. The highest BCUT2D eigenvalue weighted by molar-refractivity contribution is 5.88. The molecule has 0 radical (unpaired) electrons. The van der Waals surface area contributed by atoms with Crippen LogP contribution < -0.4 is 20.3 Å². The molecule has 0 saturated carbocycles. The van der Waals surface area contributed by atoms with Crippen molar-refractivity contribution in [2.24, 2.45) is 0 Å². The number of oxazole rings is 1. The first-order valence-corrected chi connectivity index (χ1v) is 11.8. The van der Waals surface area contributed by atoms with Gasteiger partial charge in [0, 0.05) is 64.0 Å². The second kappa shape index (κ2) is 11.0. The fourth-order valence-corrected chi connectivity index (χ4v) is 4.29. The maximum Gasteiger partial charge on any atom is 0.221 e. The Morgan fingerprint density at radius 1 is 1.17 bits per heavy atom. The molecule has 1 saturated heterocycles. The lowest BCUT2D eigenvalue weighted by atomic mass is 10.1. The summed E-state index contributed by atoms with van der Waals surface area (Å²) in [7, 11) is 1.68. The number of hydrogen-bond acceptors (Lipinski definition) is 7. The first kappa shape index (κ1) is 24.2. The molecule has 0 unspecified atom stereocenters. The summed E-state index contributed by atoms with van der Waals surface area (Å²) in [4.78, 5) is 20.2. The van der Waals surface area contributed by atoms with Gasteiger partial charge in [-0.2, -0.15) is 0 Å². The largest absolute Gasteiger partial charge is 0.496 e. The van der Waals surface area contributed by atoms with E-state index in [2.05, 4.69) is 44.1 Å². The van der Waals surface area contributed by atoms with Gasteiger partial charge in [-0.3, -0.25) is 4.79 Å². The summed E-state index contributed by atoms with van der Waals surface area (Å²) >= 11 is 0. The SMILES string of the molecule is C=C(NCc1cccc(NC(C)=O)c1)N1CCCN(c2ccc(-c3cnc(C)o3)c(OC)c2)CC1. The molecule has 1 fully saturated rings. The number of nitrogens with one attached hydrogen (secondary N) is 2. The van der Waals surface area contributed by atoms with Gasteiger partial charge in [-0.1, -0.05) is 18.7 Å². The van der Waals surface area contributed by atoms with Gasteiger partial charge in [-0.05, 0) is 36.2 Å². The van der Waals surface area contributed by atoms with Crippen molar-refractivity contribution in [3.8, 4) is 17.1 Å².